The lowest BCUT2D eigenvalue weighted by molar-refractivity contribution is -0.139. The van der Waals surface area contributed by atoms with Gasteiger partial charge < -0.3 is 5.11 Å². The Labute approximate surface area is 101 Å². The molecule has 0 unspecified atom stereocenters. The van der Waals surface area contributed by atoms with E-state index in [1.165, 1.54) is 11.8 Å². The summed E-state index contributed by atoms with van der Waals surface area (Å²) in [5.41, 5.74) is -0.217. The number of hydrogen-bond acceptors (Lipinski definition) is 3. The summed E-state index contributed by atoms with van der Waals surface area (Å²) in [6, 6.07) is 2.13. The second-order valence-corrected chi connectivity index (χ2v) is 6.59. The van der Waals surface area contributed by atoms with Gasteiger partial charge in [-0.25, -0.2) is 0 Å². The van der Waals surface area contributed by atoms with E-state index in [0.29, 0.717) is 10.2 Å². The van der Waals surface area contributed by atoms with E-state index >= 15 is 0 Å². The maximum absolute atomic E-state index is 11.0. The average molecular weight is 239 g/mol. The molecule has 0 radical (unpaired) electrons. The van der Waals surface area contributed by atoms with Gasteiger partial charge in [-0.2, -0.15) is 5.26 Å². The highest BCUT2D eigenvalue weighted by Gasteiger charge is 2.61. The van der Waals surface area contributed by atoms with Crippen molar-refractivity contribution in [3.63, 3.8) is 0 Å². The molecule has 16 heavy (non-hydrogen) atoms. The van der Waals surface area contributed by atoms with Crippen LogP contribution in [0.3, 0.4) is 0 Å². The van der Waals surface area contributed by atoms with E-state index in [1.807, 2.05) is 33.8 Å². The molecule has 0 aromatic carbocycles. The van der Waals surface area contributed by atoms with Crippen LogP contribution in [-0.2, 0) is 4.79 Å². The lowest BCUT2D eigenvalue weighted by Gasteiger charge is -2.02. The SMILES string of the molecule is CC(C)SC(C#N)=C[C@@H]1[C@@H](C(=O)O)C1(C)C. The van der Waals surface area contributed by atoms with Gasteiger partial charge in [-0.15, -0.1) is 11.8 Å². The van der Waals surface area contributed by atoms with Gasteiger partial charge in [0, 0.05) is 5.25 Å². The van der Waals surface area contributed by atoms with E-state index in [-0.39, 0.29) is 17.3 Å². The van der Waals surface area contributed by atoms with E-state index in [2.05, 4.69) is 6.07 Å². The van der Waals surface area contributed by atoms with Crippen molar-refractivity contribution < 1.29 is 9.90 Å². The number of carbonyl (C=O) groups is 1. The molecule has 3 nitrogen and oxygen atoms in total. The Kier molecular flexibility index (Phi) is 3.69. The molecule has 0 aliphatic heterocycles. The fraction of sp³-hybridized carbons (Fsp3) is 0.667. The maximum atomic E-state index is 11.0. The fourth-order valence-corrected chi connectivity index (χ4v) is 2.77. The molecule has 0 saturated heterocycles. The first kappa shape index (κ1) is 13.1. The molecule has 4 heteroatoms. The Morgan fingerprint density at radius 2 is 2.12 bits per heavy atom. The molecule has 1 aliphatic carbocycles. The number of nitrogens with zero attached hydrogens (tertiary/aromatic N) is 1. The van der Waals surface area contributed by atoms with Gasteiger partial charge in [0.1, 0.15) is 6.07 Å². The van der Waals surface area contributed by atoms with Crippen molar-refractivity contribution in [2.75, 3.05) is 0 Å². The number of rotatable bonds is 4. The van der Waals surface area contributed by atoms with Crippen LogP contribution >= 0.6 is 11.8 Å². The molecular formula is C12H17NO2S. The summed E-state index contributed by atoms with van der Waals surface area (Å²) >= 11 is 1.49. The van der Waals surface area contributed by atoms with Crippen molar-refractivity contribution in [2.45, 2.75) is 32.9 Å². The molecule has 1 saturated carbocycles. The van der Waals surface area contributed by atoms with Crippen LogP contribution in [0, 0.1) is 28.6 Å². The number of thioether (sulfide) groups is 1. The van der Waals surface area contributed by atoms with Gasteiger partial charge in [0.2, 0.25) is 0 Å². The van der Waals surface area contributed by atoms with Crippen molar-refractivity contribution in [3.8, 4) is 6.07 Å². The van der Waals surface area contributed by atoms with Crippen LogP contribution in [0.5, 0.6) is 0 Å². The molecule has 2 atom stereocenters. The minimum atomic E-state index is -0.766. The van der Waals surface area contributed by atoms with E-state index in [4.69, 9.17) is 10.4 Å². The first-order valence-electron chi connectivity index (χ1n) is 5.32. The molecule has 0 bridgehead atoms. The van der Waals surface area contributed by atoms with Crippen LogP contribution in [0.25, 0.3) is 0 Å². The standard InChI is InChI=1S/C12H17NO2S/c1-7(2)16-8(6-13)5-9-10(11(14)15)12(9,3)4/h5,7,9-10H,1-4H3,(H,14,15)/t9-,10+/m1/s1. The lowest BCUT2D eigenvalue weighted by atomic mass is 10.1. The smallest absolute Gasteiger partial charge is 0.307 e. The second kappa shape index (κ2) is 4.50. The van der Waals surface area contributed by atoms with Gasteiger partial charge >= 0.3 is 5.97 Å². The quantitative estimate of drug-likeness (QED) is 0.766. The minimum absolute atomic E-state index is 0.00843. The molecule has 1 fully saturated rings. The third-order valence-corrected chi connectivity index (χ3v) is 3.93. The summed E-state index contributed by atoms with van der Waals surface area (Å²) in [6.07, 6.45) is 1.82. The average Bonchev–Trinajstić information content (AvgIpc) is 2.66. The molecule has 0 aromatic rings. The Hall–Kier alpha value is -0.950. The normalized spacial score (nSPS) is 27.6. The molecule has 1 aliphatic rings. The maximum Gasteiger partial charge on any atom is 0.307 e. The van der Waals surface area contributed by atoms with Crippen molar-refractivity contribution in [1.82, 2.24) is 0 Å². The van der Waals surface area contributed by atoms with E-state index < -0.39 is 5.97 Å². The second-order valence-electron chi connectivity index (χ2n) is 4.97. The summed E-state index contributed by atoms with van der Waals surface area (Å²) < 4.78 is 0. The largest absolute Gasteiger partial charge is 0.481 e. The highest BCUT2D eigenvalue weighted by atomic mass is 32.2. The number of allylic oxidation sites excluding steroid dienone is 2. The molecule has 0 heterocycles. The highest BCUT2D eigenvalue weighted by molar-refractivity contribution is 8.03. The number of aliphatic carboxylic acids is 1. The van der Waals surface area contributed by atoms with Crippen molar-refractivity contribution in [2.24, 2.45) is 17.3 Å². The van der Waals surface area contributed by atoms with Crippen LogP contribution in [0.4, 0.5) is 0 Å². The Balaban J connectivity index is 2.78. The van der Waals surface area contributed by atoms with Gasteiger partial charge in [-0.3, -0.25) is 4.79 Å². The zero-order valence-corrected chi connectivity index (χ0v) is 10.8. The molecule has 0 aromatic heterocycles. The molecule has 1 rings (SSSR count). The van der Waals surface area contributed by atoms with Crippen LogP contribution in [0.15, 0.2) is 11.0 Å². The molecule has 0 amide bonds. The zero-order valence-electron chi connectivity index (χ0n) is 10.0. The predicted octanol–water partition coefficient (Wildman–Crippen LogP) is 2.89. The van der Waals surface area contributed by atoms with E-state index in [9.17, 15) is 4.79 Å². The summed E-state index contributed by atoms with van der Waals surface area (Å²) in [7, 11) is 0. The van der Waals surface area contributed by atoms with Crippen LogP contribution < -0.4 is 0 Å². The van der Waals surface area contributed by atoms with Crippen molar-refractivity contribution in [1.29, 1.82) is 5.26 Å². The van der Waals surface area contributed by atoms with Crippen LogP contribution in [0.2, 0.25) is 0 Å². The summed E-state index contributed by atoms with van der Waals surface area (Å²) in [5.74, 6) is -1.12. The predicted molar refractivity (Wildman–Crippen MR) is 64.8 cm³/mol. The summed E-state index contributed by atoms with van der Waals surface area (Å²) in [6.45, 7) is 7.90. The highest BCUT2D eigenvalue weighted by Crippen LogP contribution is 2.59. The number of carboxylic acid groups (broad SMARTS) is 1. The van der Waals surface area contributed by atoms with Crippen molar-refractivity contribution >= 4 is 17.7 Å². The fourth-order valence-electron chi connectivity index (χ4n) is 1.98. The first-order valence-corrected chi connectivity index (χ1v) is 6.20. The minimum Gasteiger partial charge on any atom is -0.481 e. The van der Waals surface area contributed by atoms with Gasteiger partial charge in [0.25, 0.3) is 0 Å². The third kappa shape index (κ3) is 2.59. The summed E-state index contributed by atoms with van der Waals surface area (Å²) in [4.78, 5) is 11.6. The molecule has 1 N–H and O–H groups in total. The van der Waals surface area contributed by atoms with Crippen LogP contribution in [-0.4, -0.2) is 16.3 Å². The van der Waals surface area contributed by atoms with E-state index in [0.717, 1.165) is 0 Å². The van der Waals surface area contributed by atoms with Crippen molar-refractivity contribution in [3.05, 3.63) is 11.0 Å². The van der Waals surface area contributed by atoms with Gasteiger partial charge in [-0.1, -0.05) is 33.8 Å². The lowest BCUT2D eigenvalue weighted by Crippen LogP contribution is -2.03. The number of hydrogen-bond donors (Lipinski definition) is 1. The Morgan fingerprint density at radius 1 is 1.56 bits per heavy atom. The number of carboxylic acids is 1. The monoisotopic (exact) mass is 239 g/mol. The Bertz CT molecular complexity index is 366. The first-order chi connectivity index (χ1) is 7.30. The summed E-state index contributed by atoms with van der Waals surface area (Å²) in [5, 5.41) is 18.3. The molecule has 88 valence electrons. The van der Waals surface area contributed by atoms with Gasteiger partial charge in [0.05, 0.1) is 10.8 Å². The molecular weight excluding hydrogens is 222 g/mol. The van der Waals surface area contributed by atoms with Gasteiger partial charge in [0.15, 0.2) is 0 Å². The number of nitriles is 1. The Morgan fingerprint density at radius 3 is 2.44 bits per heavy atom. The van der Waals surface area contributed by atoms with E-state index in [1.54, 1.807) is 0 Å². The topological polar surface area (TPSA) is 61.1 Å². The van der Waals surface area contributed by atoms with Crippen LogP contribution in [0.1, 0.15) is 27.7 Å². The third-order valence-electron chi connectivity index (χ3n) is 2.98. The zero-order chi connectivity index (χ0) is 12.5. The van der Waals surface area contributed by atoms with Gasteiger partial charge in [-0.05, 0) is 11.3 Å². The molecule has 0 spiro atoms.